The largest absolute Gasteiger partial charge is 0.360 e. The van der Waals surface area contributed by atoms with E-state index in [9.17, 15) is 18.0 Å². The molecular weight excluding hydrogens is 382 g/mol. The third-order valence-corrected chi connectivity index (χ3v) is 6.01. The molecule has 0 radical (unpaired) electrons. The maximum Gasteiger partial charge on any atom is 0.267 e. The monoisotopic (exact) mass is 397 g/mol. The summed E-state index contributed by atoms with van der Waals surface area (Å²) in [5.74, 6) is -0.737. The molecule has 8 nitrogen and oxygen atoms in total. The van der Waals surface area contributed by atoms with E-state index in [-0.39, 0.29) is 27.7 Å². The van der Waals surface area contributed by atoms with Crippen LogP contribution in [-0.4, -0.2) is 25.4 Å². The van der Waals surface area contributed by atoms with Crippen molar-refractivity contribution in [3.8, 4) is 0 Å². The van der Waals surface area contributed by atoms with E-state index in [4.69, 9.17) is 4.52 Å². The molecule has 1 aliphatic heterocycles. The number of anilines is 2. The molecule has 0 fully saturated rings. The van der Waals surface area contributed by atoms with Crippen LogP contribution in [-0.2, 0) is 10.0 Å². The first-order valence-electron chi connectivity index (χ1n) is 8.33. The summed E-state index contributed by atoms with van der Waals surface area (Å²) in [5.41, 5.74) is 1.34. The molecule has 2 aromatic carbocycles. The highest BCUT2D eigenvalue weighted by Crippen LogP contribution is 2.30. The fourth-order valence-electron chi connectivity index (χ4n) is 3.20. The first-order valence-corrected chi connectivity index (χ1v) is 9.81. The summed E-state index contributed by atoms with van der Waals surface area (Å²) in [6, 6.07) is 12.6. The van der Waals surface area contributed by atoms with Crippen LogP contribution in [0.1, 0.15) is 32.2 Å². The molecule has 9 heteroatoms. The van der Waals surface area contributed by atoms with Gasteiger partial charge in [0.05, 0.1) is 22.5 Å². The number of nitrogens with zero attached hydrogens (tertiary/aromatic N) is 2. The number of hydrogen-bond donors (Lipinski definition) is 1. The fraction of sp³-hybridized carbons (Fsp3) is 0.105. The van der Waals surface area contributed by atoms with Gasteiger partial charge in [-0.3, -0.25) is 14.3 Å². The number of rotatable bonds is 4. The number of benzene rings is 2. The molecule has 0 saturated heterocycles. The van der Waals surface area contributed by atoms with Gasteiger partial charge in [-0.15, -0.1) is 0 Å². The van der Waals surface area contributed by atoms with Crippen molar-refractivity contribution in [3.05, 3.63) is 71.1 Å². The Morgan fingerprint density at radius 2 is 1.61 bits per heavy atom. The quantitative estimate of drug-likeness (QED) is 0.678. The summed E-state index contributed by atoms with van der Waals surface area (Å²) in [4.78, 5) is 26.2. The molecule has 0 unspecified atom stereocenters. The summed E-state index contributed by atoms with van der Waals surface area (Å²) >= 11 is 0. The number of carbonyl (C=O) groups is 2. The fourth-order valence-corrected chi connectivity index (χ4v) is 4.58. The van der Waals surface area contributed by atoms with Gasteiger partial charge in [-0.05, 0) is 44.2 Å². The van der Waals surface area contributed by atoms with Gasteiger partial charge in [0.25, 0.3) is 21.8 Å². The van der Waals surface area contributed by atoms with Crippen molar-refractivity contribution in [1.82, 2.24) is 5.16 Å². The number of amides is 2. The average Bonchev–Trinajstić information content (AvgIpc) is 3.12. The van der Waals surface area contributed by atoms with E-state index < -0.39 is 21.8 Å². The van der Waals surface area contributed by atoms with Crippen molar-refractivity contribution in [2.75, 3.05) is 9.62 Å². The topological polar surface area (TPSA) is 110 Å². The normalized spacial score (nSPS) is 13.7. The van der Waals surface area contributed by atoms with Crippen molar-refractivity contribution >= 4 is 33.2 Å². The standard InChI is InChI=1S/C19H15N3O5S/c1-11-17(12(2)27-20-11)28(25,26)21-13-6-5-7-14(10-13)22-18(23)15-8-3-4-9-16(15)19(22)24/h3-10,21H,1-2H3. The number of aromatic nitrogens is 1. The molecule has 1 N–H and O–H groups in total. The molecule has 142 valence electrons. The van der Waals surface area contributed by atoms with Crippen molar-refractivity contribution in [1.29, 1.82) is 0 Å². The molecule has 2 amide bonds. The summed E-state index contributed by atoms with van der Waals surface area (Å²) < 4.78 is 32.7. The Morgan fingerprint density at radius 3 is 2.18 bits per heavy atom. The van der Waals surface area contributed by atoms with Crippen LogP contribution in [0, 0.1) is 13.8 Å². The minimum Gasteiger partial charge on any atom is -0.360 e. The van der Waals surface area contributed by atoms with Crippen molar-refractivity contribution in [3.63, 3.8) is 0 Å². The number of nitrogens with one attached hydrogen (secondary N) is 1. The van der Waals surface area contributed by atoms with Crippen molar-refractivity contribution in [2.45, 2.75) is 18.7 Å². The van der Waals surface area contributed by atoms with E-state index >= 15 is 0 Å². The predicted molar refractivity (Wildman–Crippen MR) is 101 cm³/mol. The first kappa shape index (κ1) is 17.9. The molecule has 2 heterocycles. The van der Waals surface area contributed by atoms with Crippen molar-refractivity contribution in [2.24, 2.45) is 0 Å². The molecule has 0 spiro atoms. The SMILES string of the molecule is Cc1noc(C)c1S(=O)(=O)Nc1cccc(N2C(=O)c3ccccc3C2=O)c1. The van der Waals surface area contributed by atoms with Gasteiger partial charge < -0.3 is 4.52 Å². The lowest BCUT2D eigenvalue weighted by atomic mass is 10.1. The Hall–Kier alpha value is -3.46. The van der Waals surface area contributed by atoms with Crippen LogP contribution in [0.15, 0.2) is 57.9 Å². The molecular formula is C19H15N3O5S. The molecule has 0 aliphatic carbocycles. The van der Waals surface area contributed by atoms with Crippen LogP contribution < -0.4 is 9.62 Å². The Morgan fingerprint density at radius 1 is 0.964 bits per heavy atom. The van der Waals surface area contributed by atoms with Gasteiger partial charge in [0.15, 0.2) is 10.7 Å². The maximum atomic E-state index is 12.7. The van der Waals surface area contributed by atoms with Gasteiger partial charge in [0.1, 0.15) is 5.69 Å². The lowest BCUT2D eigenvalue weighted by Crippen LogP contribution is -2.29. The number of carbonyl (C=O) groups excluding carboxylic acids is 2. The molecule has 1 aromatic heterocycles. The van der Waals surface area contributed by atoms with E-state index in [1.54, 1.807) is 36.4 Å². The molecule has 0 atom stereocenters. The molecule has 0 saturated carbocycles. The summed E-state index contributed by atoms with van der Waals surface area (Å²) in [7, 11) is -3.95. The van der Waals surface area contributed by atoms with Crippen LogP contribution in [0.3, 0.4) is 0 Å². The zero-order valence-electron chi connectivity index (χ0n) is 15.0. The van der Waals surface area contributed by atoms with Crippen LogP contribution in [0.4, 0.5) is 11.4 Å². The second-order valence-corrected chi connectivity index (χ2v) is 7.92. The first-order chi connectivity index (χ1) is 13.3. The van der Waals surface area contributed by atoms with Crippen molar-refractivity contribution < 1.29 is 22.5 Å². The second kappa shape index (κ2) is 6.31. The summed E-state index contributed by atoms with van der Waals surface area (Å²) in [6.45, 7) is 3.03. The van der Waals surface area contributed by atoms with Gasteiger partial charge >= 0.3 is 0 Å². The van der Waals surface area contributed by atoms with Crippen LogP contribution >= 0.6 is 0 Å². The van der Waals surface area contributed by atoms with Crippen LogP contribution in [0.25, 0.3) is 0 Å². The average molecular weight is 397 g/mol. The maximum absolute atomic E-state index is 12.7. The second-order valence-electron chi connectivity index (χ2n) is 6.30. The van der Waals surface area contributed by atoms with E-state index in [1.165, 1.54) is 26.0 Å². The molecule has 3 aromatic rings. The van der Waals surface area contributed by atoms with E-state index in [0.717, 1.165) is 4.90 Å². The third kappa shape index (κ3) is 2.76. The Labute approximate surface area is 160 Å². The molecule has 4 rings (SSSR count). The zero-order valence-corrected chi connectivity index (χ0v) is 15.8. The number of hydrogen-bond acceptors (Lipinski definition) is 6. The lowest BCUT2D eigenvalue weighted by molar-refractivity contribution is 0.0926. The highest BCUT2D eigenvalue weighted by Gasteiger charge is 2.36. The van der Waals surface area contributed by atoms with Crippen LogP contribution in [0.2, 0.25) is 0 Å². The van der Waals surface area contributed by atoms with E-state index in [0.29, 0.717) is 11.1 Å². The van der Waals surface area contributed by atoms with Gasteiger partial charge in [0, 0.05) is 0 Å². The number of fused-ring (bicyclic) bond motifs is 1. The van der Waals surface area contributed by atoms with Crippen LogP contribution in [0.5, 0.6) is 0 Å². The lowest BCUT2D eigenvalue weighted by Gasteiger charge is -2.15. The smallest absolute Gasteiger partial charge is 0.267 e. The minimum atomic E-state index is -3.95. The van der Waals surface area contributed by atoms with Gasteiger partial charge in [-0.25, -0.2) is 13.3 Å². The van der Waals surface area contributed by atoms with E-state index in [1.807, 2.05) is 0 Å². The third-order valence-electron chi connectivity index (χ3n) is 4.39. The Balaban J connectivity index is 1.68. The number of imide groups is 1. The summed E-state index contributed by atoms with van der Waals surface area (Å²) in [6.07, 6.45) is 0. The van der Waals surface area contributed by atoms with Gasteiger partial charge in [-0.2, -0.15) is 0 Å². The predicted octanol–water partition coefficient (Wildman–Crippen LogP) is 2.89. The highest BCUT2D eigenvalue weighted by molar-refractivity contribution is 7.92. The zero-order chi connectivity index (χ0) is 20.1. The summed E-state index contributed by atoms with van der Waals surface area (Å²) in [5, 5.41) is 3.66. The molecule has 0 bridgehead atoms. The van der Waals surface area contributed by atoms with Gasteiger partial charge in [0.2, 0.25) is 0 Å². The Bertz CT molecular complexity index is 1180. The minimum absolute atomic E-state index is 0.0429. The molecule has 1 aliphatic rings. The highest BCUT2D eigenvalue weighted by atomic mass is 32.2. The Kier molecular flexibility index (Phi) is 4.04. The number of sulfonamides is 1. The van der Waals surface area contributed by atoms with Gasteiger partial charge in [-0.1, -0.05) is 23.4 Å². The molecule has 28 heavy (non-hydrogen) atoms. The number of aryl methyl sites for hydroxylation is 2. The van der Waals surface area contributed by atoms with E-state index in [2.05, 4.69) is 9.88 Å².